The van der Waals surface area contributed by atoms with E-state index < -0.39 is 11.1 Å². The van der Waals surface area contributed by atoms with E-state index in [2.05, 4.69) is 11.5 Å². The number of carbonyl (C=O) groups is 1. The zero-order valence-corrected chi connectivity index (χ0v) is 20.8. The van der Waals surface area contributed by atoms with Crippen LogP contribution in [0.1, 0.15) is 33.2 Å². The first-order chi connectivity index (χ1) is 18.5. The van der Waals surface area contributed by atoms with E-state index in [0.717, 1.165) is 16.7 Å². The van der Waals surface area contributed by atoms with Gasteiger partial charge in [-0.1, -0.05) is 85.5 Å². The molecule has 1 atom stereocenters. The molecule has 0 unspecified atom stereocenters. The fraction of sp³-hybridized carbons (Fsp3) is 0.129. The number of nitro benzene ring substituents is 1. The maximum absolute atomic E-state index is 14.0. The van der Waals surface area contributed by atoms with E-state index in [0.29, 0.717) is 36.7 Å². The number of hydrogen-bond acceptors (Lipinski definition) is 5. The average Bonchev–Trinajstić information content (AvgIpc) is 2.95. The highest BCUT2D eigenvalue weighted by Crippen LogP contribution is 2.42. The van der Waals surface area contributed by atoms with Crippen molar-refractivity contribution in [3.8, 4) is 5.75 Å². The number of fused-ring (bicyclic) bond motifs is 1. The van der Waals surface area contributed by atoms with Crippen LogP contribution in [0.25, 0.3) is 0 Å². The predicted molar refractivity (Wildman–Crippen MR) is 147 cm³/mol. The number of rotatable bonds is 9. The molecule has 38 heavy (non-hydrogen) atoms. The van der Waals surface area contributed by atoms with E-state index in [9.17, 15) is 14.9 Å². The van der Waals surface area contributed by atoms with Crippen LogP contribution in [0.3, 0.4) is 0 Å². The Hall–Kier alpha value is -4.91. The molecule has 7 heteroatoms. The van der Waals surface area contributed by atoms with Gasteiger partial charge in [0.1, 0.15) is 18.5 Å². The summed E-state index contributed by atoms with van der Waals surface area (Å²) in [7, 11) is 0. The largest absolute Gasteiger partial charge is 0.490 e. The van der Waals surface area contributed by atoms with E-state index in [1.165, 1.54) is 12.1 Å². The molecule has 7 nitrogen and oxygen atoms in total. The third kappa shape index (κ3) is 5.13. The van der Waals surface area contributed by atoms with Crippen LogP contribution in [-0.2, 0) is 13.1 Å². The lowest BCUT2D eigenvalue weighted by Gasteiger charge is -2.46. The van der Waals surface area contributed by atoms with Crippen molar-refractivity contribution in [1.82, 2.24) is 4.90 Å². The Bertz CT molecular complexity index is 1440. The Balaban J connectivity index is 1.65. The van der Waals surface area contributed by atoms with Crippen LogP contribution in [0.15, 0.2) is 116 Å². The van der Waals surface area contributed by atoms with Crippen LogP contribution in [0.2, 0.25) is 0 Å². The molecule has 0 saturated carbocycles. The summed E-state index contributed by atoms with van der Waals surface area (Å²) >= 11 is 0. The summed E-state index contributed by atoms with van der Waals surface area (Å²) in [5, 5.41) is 11.6. The lowest BCUT2D eigenvalue weighted by atomic mass is 9.98. The van der Waals surface area contributed by atoms with Gasteiger partial charge in [0.05, 0.1) is 16.2 Å². The number of ether oxygens (including phenoxy) is 1. The van der Waals surface area contributed by atoms with Crippen LogP contribution < -0.4 is 9.64 Å². The molecule has 1 aliphatic heterocycles. The van der Waals surface area contributed by atoms with Crippen LogP contribution >= 0.6 is 0 Å². The summed E-state index contributed by atoms with van der Waals surface area (Å²) in [6.07, 6.45) is 1.23. The maximum atomic E-state index is 14.0. The van der Waals surface area contributed by atoms with Gasteiger partial charge in [-0.3, -0.25) is 14.9 Å². The number of nitro groups is 1. The molecule has 0 radical (unpaired) electrons. The third-order valence-corrected chi connectivity index (χ3v) is 6.52. The fourth-order valence-electron chi connectivity index (χ4n) is 4.77. The smallest absolute Gasteiger partial charge is 0.270 e. The Morgan fingerprint density at radius 3 is 2.03 bits per heavy atom. The molecule has 0 aliphatic carbocycles. The summed E-state index contributed by atoms with van der Waals surface area (Å²) in [6, 6.07) is 31.9. The molecule has 0 N–H and O–H groups in total. The second-order valence-corrected chi connectivity index (χ2v) is 9.03. The first-order valence-corrected chi connectivity index (χ1v) is 12.3. The minimum absolute atomic E-state index is 0.112. The molecule has 0 bridgehead atoms. The summed E-state index contributed by atoms with van der Waals surface area (Å²) in [5.74, 6) is 0.449. The lowest BCUT2D eigenvalue weighted by Crippen LogP contribution is -2.48. The zero-order valence-electron chi connectivity index (χ0n) is 20.8. The lowest BCUT2D eigenvalue weighted by molar-refractivity contribution is -0.384. The van der Waals surface area contributed by atoms with Gasteiger partial charge in [0.15, 0.2) is 0 Å². The third-order valence-electron chi connectivity index (χ3n) is 6.52. The second-order valence-electron chi connectivity index (χ2n) is 9.03. The molecular weight excluding hydrogens is 478 g/mol. The second kappa shape index (κ2) is 11.0. The van der Waals surface area contributed by atoms with Gasteiger partial charge in [-0.25, -0.2) is 0 Å². The zero-order chi connectivity index (χ0) is 26.5. The molecule has 0 saturated heterocycles. The molecule has 1 heterocycles. The average molecular weight is 506 g/mol. The van der Waals surface area contributed by atoms with Gasteiger partial charge < -0.3 is 14.5 Å². The minimum atomic E-state index is -0.468. The van der Waals surface area contributed by atoms with Crippen LogP contribution in [0, 0.1) is 10.1 Å². The number of carbonyl (C=O) groups excluding carboxylic acids is 1. The number of benzene rings is 4. The highest BCUT2D eigenvalue weighted by atomic mass is 16.6. The Labute approximate surface area is 221 Å². The van der Waals surface area contributed by atoms with Gasteiger partial charge in [0.2, 0.25) is 0 Å². The van der Waals surface area contributed by atoms with Gasteiger partial charge in [0, 0.05) is 25.2 Å². The number of anilines is 1. The summed E-state index contributed by atoms with van der Waals surface area (Å²) in [6.45, 7) is 4.93. The predicted octanol–water partition coefficient (Wildman–Crippen LogP) is 6.52. The molecule has 5 rings (SSSR count). The van der Waals surface area contributed by atoms with Gasteiger partial charge in [-0.2, -0.15) is 0 Å². The number of nitrogens with zero attached hydrogens (tertiary/aromatic N) is 3. The summed E-state index contributed by atoms with van der Waals surface area (Å²) in [5.41, 5.74) is 3.78. The summed E-state index contributed by atoms with van der Waals surface area (Å²) < 4.78 is 5.68. The number of amides is 1. The van der Waals surface area contributed by atoms with Crippen molar-refractivity contribution >= 4 is 17.3 Å². The Morgan fingerprint density at radius 1 is 0.842 bits per heavy atom. The molecule has 1 aliphatic rings. The Kier molecular flexibility index (Phi) is 7.17. The summed E-state index contributed by atoms with van der Waals surface area (Å²) in [4.78, 5) is 29.1. The standard InChI is InChI=1S/C31H27N3O4/c1-2-19-38-27-16-13-25(14-17-27)30-32(21-23-9-5-3-6-10-23)29-18-15-26(34(36)37)20-28(29)31(35)33(30)22-24-11-7-4-8-12-24/h2-18,20,30H,1,19,21-22H2/t30-/m0/s1. The first-order valence-electron chi connectivity index (χ1n) is 12.3. The van der Waals surface area contributed by atoms with Crippen molar-refractivity contribution in [1.29, 1.82) is 0 Å². The van der Waals surface area contributed by atoms with Crippen LogP contribution in [0.5, 0.6) is 5.75 Å². The highest BCUT2D eigenvalue weighted by Gasteiger charge is 2.39. The van der Waals surface area contributed by atoms with Crippen molar-refractivity contribution in [2.45, 2.75) is 19.3 Å². The number of non-ortho nitro benzene ring substituents is 1. The molecule has 1 amide bonds. The van der Waals surface area contributed by atoms with Crippen LogP contribution in [-0.4, -0.2) is 22.3 Å². The molecule has 4 aromatic carbocycles. The maximum Gasteiger partial charge on any atom is 0.270 e. The molecule has 4 aromatic rings. The van der Waals surface area contributed by atoms with Crippen molar-refractivity contribution in [3.63, 3.8) is 0 Å². The fourth-order valence-corrected chi connectivity index (χ4v) is 4.77. The van der Waals surface area contributed by atoms with Crippen LogP contribution in [0.4, 0.5) is 11.4 Å². The van der Waals surface area contributed by atoms with E-state index >= 15 is 0 Å². The highest BCUT2D eigenvalue weighted by molar-refractivity contribution is 6.02. The quantitative estimate of drug-likeness (QED) is 0.147. The molecular formula is C31H27N3O4. The van der Waals surface area contributed by atoms with E-state index in [1.54, 1.807) is 17.0 Å². The molecule has 0 spiro atoms. The van der Waals surface area contributed by atoms with E-state index in [1.807, 2.05) is 84.9 Å². The molecule has 190 valence electrons. The normalized spacial score (nSPS) is 14.6. The van der Waals surface area contributed by atoms with Crippen molar-refractivity contribution in [2.24, 2.45) is 0 Å². The Morgan fingerprint density at radius 2 is 1.45 bits per heavy atom. The first kappa shape index (κ1) is 24.8. The van der Waals surface area contributed by atoms with Crippen molar-refractivity contribution < 1.29 is 14.5 Å². The molecule has 0 fully saturated rings. The van der Waals surface area contributed by atoms with Crippen molar-refractivity contribution in [2.75, 3.05) is 11.5 Å². The van der Waals surface area contributed by atoms with E-state index in [4.69, 9.17) is 4.74 Å². The monoisotopic (exact) mass is 505 g/mol. The number of hydrogen-bond donors (Lipinski definition) is 0. The minimum Gasteiger partial charge on any atom is -0.490 e. The van der Waals surface area contributed by atoms with Gasteiger partial charge in [0.25, 0.3) is 11.6 Å². The van der Waals surface area contributed by atoms with Gasteiger partial charge in [-0.05, 0) is 34.9 Å². The molecule has 0 aromatic heterocycles. The van der Waals surface area contributed by atoms with Gasteiger partial charge >= 0.3 is 0 Å². The van der Waals surface area contributed by atoms with Crippen molar-refractivity contribution in [3.05, 3.63) is 148 Å². The topological polar surface area (TPSA) is 75.9 Å². The van der Waals surface area contributed by atoms with E-state index in [-0.39, 0.29) is 11.6 Å². The SMILES string of the molecule is C=CCOc1ccc([C@@H]2N(Cc3ccccc3)C(=O)c3cc([N+](=O)[O-])ccc3N2Cc2ccccc2)cc1. The van der Waals surface area contributed by atoms with Gasteiger partial charge in [-0.15, -0.1) is 0 Å².